The van der Waals surface area contributed by atoms with E-state index in [0.29, 0.717) is 18.5 Å². The quantitative estimate of drug-likeness (QED) is 0.913. The molecule has 2 rings (SSSR count). The molecule has 0 saturated carbocycles. The average Bonchev–Trinajstić information content (AvgIpc) is 2.75. The molecule has 1 aromatic carbocycles. The third-order valence-electron chi connectivity index (χ3n) is 3.25. The van der Waals surface area contributed by atoms with Gasteiger partial charge in [0.2, 0.25) is 0 Å². The molecule has 0 fully saturated rings. The van der Waals surface area contributed by atoms with E-state index in [1.54, 1.807) is 10.7 Å². The van der Waals surface area contributed by atoms with Gasteiger partial charge in [-0.25, -0.2) is 4.39 Å². The molecule has 1 heterocycles. The van der Waals surface area contributed by atoms with Crippen molar-refractivity contribution in [1.82, 2.24) is 9.78 Å². The number of carbonyl (C=O) groups is 1. The van der Waals surface area contributed by atoms with E-state index in [1.807, 2.05) is 19.9 Å². The van der Waals surface area contributed by atoms with Crippen LogP contribution in [0.2, 0.25) is 0 Å². The second-order valence-electron chi connectivity index (χ2n) is 4.74. The van der Waals surface area contributed by atoms with Crippen molar-refractivity contribution in [2.75, 3.05) is 0 Å². The maximum atomic E-state index is 13.3. The van der Waals surface area contributed by atoms with Crippen molar-refractivity contribution < 1.29 is 14.3 Å². The van der Waals surface area contributed by atoms with Crippen LogP contribution in [0.1, 0.15) is 29.8 Å². The predicted molar refractivity (Wildman–Crippen MR) is 73.1 cm³/mol. The van der Waals surface area contributed by atoms with Gasteiger partial charge in [-0.15, -0.1) is 0 Å². The highest BCUT2D eigenvalue weighted by molar-refractivity contribution is 5.76. The van der Waals surface area contributed by atoms with Crippen LogP contribution in [0.25, 0.3) is 0 Å². The van der Waals surface area contributed by atoms with Crippen molar-refractivity contribution in [3.8, 4) is 0 Å². The number of rotatable bonds is 5. The van der Waals surface area contributed by atoms with Gasteiger partial charge in [0.05, 0.1) is 11.6 Å². The van der Waals surface area contributed by atoms with E-state index < -0.39 is 17.7 Å². The van der Waals surface area contributed by atoms with E-state index in [9.17, 15) is 14.3 Å². The minimum absolute atomic E-state index is 0.299. The summed E-state index contributed by atoms with van der Waals surface area (Å²) in [5.41, 5.74) is 2.17. The minimum atomic E-state index is -0.961. The Morgan fingerprint density at radius 3 is 2.80 bits per heavy atom. The van der Waals surface area contributed by atoms with E-state index in [4.69, 9.17) is 0 Å². The molecule has 1 unspecified atom stereocenters. The first-order valence-corrected chi connectivity index (χ1v) is 6.53. The number of aryl methyl sites for hydroxylation is 2. The standard InChI is InChI=1S/C15H17FN2O2/c1-3-18-13(7-10(2)17-18)9-14(15(19)20)11-5-4-6-12(16)8-11/h4-8,14H,3,9H2,1-2H3,(H,19,20). The minimum Gasteiger partial charge on any atom is -0.481 e. The molecule has 0 aliphatic carbocycles. The Kier molecular flexibility index (Phi) is 4.17. The molecule has 0 spiro atoms. The molecule has 1 atom stereocenters. The summed E-state index contributed by atoms with van der Waals surface area (Å²) in [7, 11) is 0. The van der Waals surface area contributed by atoms with Crippen molar-refractivity contribution in [2.45, 2.75) is 32.7 Å². The zero-order chi connectivity index (χ0) is 14.7. The summed E-state index contributed by atoms with van der Waals surface area (Å²) >= 11 is 0. The van der Waals surface area contributed by atoms with Crippen molar-refractivity contribution in [2.24, 2.45) is 0 Å². The second kappa shape index (κ2) is 5.86. The summed E-state index contributed by atoms with van der Waals surface area (Å²) < 4.78 is 15.1. The lowest BCUT2D eigenvalue weighted by atomic mass is 9.94. The lowest BCUT2D eigenvalue weighted by Gasteiger charge is -2.13. The molecular formula is C15H17FN2O2. The predicted octanol–water partition coefficient (Wildman–Crippen LogP) is 2.76. The Balaban J connectivity index is 2.33. The third-order valence-corrected chi connectivity index (χ3v) is 3.25. The first kappa shape index (κ1) is 14.2. The largest absolute Gasteiger partial charge is 0.481 e. The molecule has 20 heavy (non-hydrogen) atoms. The molecule has 0 radical (unpaired) electrons. The zero-order valence-corrected chi connectivity index (χ0v) is 11.5. The number of aliphatic carboxylic acids is 1. The van der Waals surface area contributed by atoms with Gasteiger partial charge in [0.1, 0.15) is 5.82 Å². The van der Waals surface area contributed by atoms with Gasteiger partial charge >= 0.3 is 5.97 Å². The summed E-state index contributed by atoms with van der Waals surface area (Å²) in [4.78, 5) is 11.5. The molecule has 1 N–H and O–H groups in total. The summed E-state index contributed by atoms with van der Waals surface area (Å²) in [6.45, 7) is 4.50. The summed E-state index contributed by atoms with van der Waals surface area (Å²) in [5, 5.41) is 13.7. The van der Waals surface area contributed by atoms with Crippen LogP contribution in [0.15, 0.2) is 30.3 Å². The molecule has 0 amide bonds. The van der Waals surface area contributed by atoms with Crippen LogP contribution in [-0.2, 0) is 17.8 Å². The average molecular weight is 276 g/mol. The van der Waals surface area contributed by atoms with Gasteiger partial charge in [-0.05, 0) is 37.6 Å². The zero-order valence-electron chi connectivity index (χ0n) is 11.5. The van der Waals surface area contributed by atoms with Gasteiger partial charge in [0.25, 0.3) is 0 Å². The first-order chi connectivity index (χ1) is 9.51. The molecule has 106 valence electrons. The Morgan fingerprint density at radius 1 is 1.45 bits per heavy atom. The fourth-order valence-corrected chi connectivity index (χ4v) is 2.32. The van der Waals surface area contributed by atoms with Gasteiger partial charge < -0.3 is 5.11 Å². The lowest BCUT2D eigenvalue weighted by Crippen LogP contribution is -2.17. The van der Waals surface area contributed by atoms with Gasteiger partial charge in [-0.3, -0.25) is 9.48 Å². The number of nitrogens with zero attached hydrogens (tertiary/aromatic N) is 2. The highest BCUT2D eigenvalue weighted by Crippen LogP contribution is 2.22. The highest BCUT2D eigenvalue weighted by atomic mass is 19.1. The maximum Gasteiger partial charge on any atom is 0.311 e. The molecular weight excluding hydrogens is 259 g/mol. The van der Waals surface area contributed by atoms with E-state index in [0.717, 1.165) is 11.4 Å². The molecule has 0 aliphatic rings. The van der Waals surface area contributed by atoms with Crippen LogP contribution in [0.3, 0.4) is 0 Å². The van der Waals surface area contributed by atoms with Gasteiger partial charge in [0.15, 0.2) is 0 Å². The molecule has 0 bridgehead atoms. The van der Waals surface area contributed by atoms with E-state index in [2.05, 4.69) is 5.10 Å². The second-order valence-corrected chi connectivity index (χ2v) is 4.74. The normalized spacial score (nSPS) is 12.3. The number of hydrogen-bond donors (Lipinski definition) is 1. The molecule has 0 aliphatic heterocycles. The fourth-order valence-electron chi connectivity index (χ4n) is 2.32. The fraction of sp³-hybridized carbons (Fsp3) is 0.333. The van der Waals surface area contributed by atoms with Crippen LogP contribution in [0.5, 0.6) is 0 Å². The number of benzene rings is 1. The Labute approximate surface area is 116 Å². The van der Waals surface area contributed by atoms with Crippen molar-refractivity contribution in [3.05, 3.63) is 53.1 Å². The summed E-state index contributed by atoms with van der Waals surface area (Å²) in [6.07, 6.45) is 0.299. The van der Waals surface area contributed by atoms with Gasteiger partial charge in [-0.2, -0.15) is 5.10 Å². The van der Waals surface area contributed by atoms with Crippen LogP contribution < -0.4 is 0 Å². The summed E-state index contributed by atoms with van der Waals surface area (Å²) in [6, 6.07) is 7.63. The van der Waals surface area contributed by atoms with Crippen molar-refractivity contribution in [1.29, 1.82) is 0 Å². The molecule has 0 saturated heterocycles. The monoisotopic (exact) mass is 276 g/mol. The first-order valence-electron chi connectivity index (χ1n) is 6.53. The molecule has 2 aromatic rings. The van der Waals surface area contributed by atoms with Crippen LogP contribution in [0.4, 0.5) is 4.39 Å². The highest BCUT2D eigenvalue weighted by Gasteiger charge is 2.22. The third kappa shape index (κ3) is 3.04. The molecule has 4 nitrogen and oxygen atoms in total. The topological polar surface area (TPSA) is 55.1 Å². The Morgan fingerprint density at radius 2 is 2.20 bits per heavy atom. The molecule has 5 heteroatoms. The lowest BCUT2D eigenvalue weighted by molar-refractivity contribution is -0.138. The number of carboxylic acids is 1. The van der Waals surface area contributed by atoms with E-state index >= 15 is 0 Å². The maximum absolute atomic E-state index is 13.3. The van der Waals surface area contributed by atoms with E-state index in [-0.39, 0.29) is 0 Å². The van der Waals surface area contributed by atoms with Crippen molar-refractivity contribution in [3.63, 3.8) is 0 Å². The summed E-state index contributed by atoms with van der Waals surface area (Å²) in [5.74, 6) is -2.15. The SMILES string of the molecule is CCn1nc(C)cc1CC(C(=O)O)c1cccc(F)c1. The number of hydrogen-bond acceptors (Lipinski definition) is 2. The molecule has 1 aromatic heterocycles. The Bertz CT molecular complexity index is 622. The van der Waals surface area contributed by atoms with Crippen LogP contribution in [-0.4, -0.2) is 20.9 Å². The number of carboxylic acid groups (broad SMARTS) is 1. The van der Waals surface area contributed by atoms with Crippen LogP contribution >= 0.6 is 0 Å². The van der Waals surface area contributed by atoms with Crippen LogP contribution in [0, 0.1) is 12.7 Å². The van der Waals surface area contributed by atoms with E-state index in [1.165, 1.54) is 18.2 Å². The number of halogens is 1. The smallest absolute Gasteiger partial charge is 0.311 e. The number of aromatic nitrogens is 2. The van der Waals surface area contributed by atoms with Gasteiger partial charge in [-0.1, -0.05) is 12.1 Å². The van der Waals surface area contributed by atoms with Crippen molar-refractivity contribution >= 4 is 5.97 Å². The van der Waals surface area contributed by atoms with Gasteiger partial charge in [0, 0.05) is 18.7 Å². The Hall–Kier alpha value is -2.17.